The highest BCUT2D eigenvalue weighted by Gasteiger charge is 2.14. The number of carboxylic acids is 1. The molecule has 1 amide bonds. The molecule has 0 unspecified atom stereocenters. The van der Waals surface area contributed by atoms with Gasteiger partial charge in [-0.15, -0.1) is 11.3 Å². The third kappa shape index (κ3) is 3.55. The van der Waals surface area contributed by atoms with E-state index in [-0.39, 0.29) is 18.1 Å². The minimum absolute atomic E-state index is 0.00633. The van der Waals surface area contributed by atoms with Crippen LogP contribution >= 0.6 is 11.3 Å². The molecule has 0 saturated carbocycles. The Morgan fingerprint density at radius 2 is 2.29 bits per heavy atom. The Kier molecular flexibility index (Phi) is 4.48. The first-order valence-electron chi connectivity index (χ1n) is 5.70. The van der Waals surface area contributed by atoms with Crippen molar-refractivity contribution < 1.29 is 19.4 Å². The van der Waals surface area contributed by atoms with Gasteiger partial charge >= 0.3 is 5.97 Å². The van der Waals surface area contributed by atoms with Gasteiger partial charge < -0.3 is 15.2 Å². The van der Waals surface area contributed by atoms with Crippen LogP contribution in [0.4, 0.5) is 5.00 Å². The second-order valence-electron chi connectivity index (χ2n) is 3.77. The molecule has 2 rings (SSSR count). The van der Waals surface area contributed by atoms with Crippen LogP contribution in [0, 0.1) is 11.3 Å². The van der Waals surface area contributed by atoms with Gasteiger partial charge in [0.05, 0.1) is 5.56 Å². The molecule has 106 valence electrons. The Morgan fingerprint density at radius 1 is 1.48 bits per heavy atom. The maximum Gasteiger partial charge on any atom is 0.358 e. The van der Waals surface area contributed by atoms with Gasteiger partial charge in [-0.2, -0.15) is 5.26 Å². The van der Waals surface area contributed by atoms with Gasteiger partial charge in [0.15, 0.2) is 18.1 Å². The molecule has 0 aliphatic carbocycles. The van der Waals surface area contributed by atoms with Crippen molar-refractivity contribution in [1.82, 2.24) is 4.98 Å². The monoisotopic (exact) mass is 303 g/mol. The highest BCUT2D eigenvalue weighted by Crippen LogP contribution is 2.22. The third-order valence-electron chi connectivity index (χ3n) is 2.37. The zero-order valence-electron chi connectivity index (χ0n) is 10.6. The number of aromatic carboxylic acids is 1. The smallest absolute Gasteiger partial charge is 0.358 e. The number of rotatable bonds is 5. The second kappa shape index (κ2) is 6.49. The molecule has 2 aromatic heterocycles. The van der Waals surface area contributed by atoms with Gasteiger partial charge in [0, 0.05) is 6.20 Å². The number of ether oxygens (including phenoxy) is 1. The number of thiophene rings is 1. The first kappa shape index (κ1) is 14.5. The van der Waals surface area contributed by atoms with Crippen molar-refractivity contribution in [3.63, 3.8) is 0 Å². The summed E-state index contributed by atoms with van der Waals surface area (Å²) in [5.41, 5.74) is 0.0973. The van der Waals surface area contributed by atoms with Crippen molar-refractivity contribution in [2.24, 2.45) is 0 Å². The Morgan fingerprint density at radius 3 is 3.00 bits per heavy atom. The number of amides is 1. The lowest BCUT2D eigenvalue weighted by Gasteiger charge is -2.08. The third-order valence-corrected chi connectivity index (χ3v) is 3.20. The molecular weight excluding hydrogens is 294 g/mol. The van der Waals surface area contributed by atoms with Gasteiger partial charge in [0.1, 0.15) is 11.1 Å². The first-order valence-corrected chi connectivity index (χ1v) is 6.58. The first-order chi connectivity index (χ1) is 10.1. The number of pyridine rings is 1. The summed E-state index contributed by atoms with van der Waals surface area (Å²) in [6, 6.07) is 6.45. The Hall–Kier alpha value is -2.92. The fraction of sp³-hybridized carbons (Fsp3) is 0.0769. The van der Waals surface area contributed by atoms with Crippen LogP contribution in [0.5, 0.6) is 5.75 Å². The van der Waals surface area contributed by atoms with Gasteiger partial charge in [-0.25, -0.2) is 9.78 Å². The van der Waals surface area contributed by atoms with Crippen LogP contribution in [-0.2, 0) is 4.79 Å². The molecule has 0 saturated heterocycles. The number of nitriles is 1. The number of hydrogen-bond donors (Lipinski definition) is 2. The average Bonchev–Trinajstić information content (AvgIpc) is 2.92. The van der Waals surface area contributed by atoms with E-state index >= 15 is 0 Å². The number of nitrogens with one attached hydrogen (secondary N) is 1. The maximum absolute atomic E-state index is 11.7. The standard InChI is InChI=1S/C13H9N3O4S/c14-6-8-3-5-21-12(8)16-10(17)7-20-9-2-1-4-15-11(9)13(18)19/h1-5H,7H2,(H,16,17)(H,18,19). The number of carbonyl (C=O) groups excluding carboxylic acids is 1. The number of anilines is 1. The summed E-state index contributed by atoms with van der Waals surface area (Å²) in [6.07, 6.45) is 1.32. The molecule has 7 nitrogen and oxygen atoms in total. The summed E-state index contributed by atoms with van der Waals surface area (Å²) in [6.45, 7) is -0.380. The van der Waals surface area contributed by atoms with E-state index in [0.29, 0.717) is 10.6 Å². The second-order valence-corrected chi connectivity index (χ2v) is 4.68. The number of hydrogen-bond acceptors (Lipinski definition) is 6. The molecule has 0 aliphatic rings. The van der Waals surface area contributed by atoms with E-state index < -0.39 is 11.9 Å². The fourth-order valence-electron chi connectivity index (χ4n) is 1.47. The summed E-state index contributed by atoms with van der Waals surface area (Å²) < 4.78 is 5.15. The summed E-state index contributed by atoms with van der Waals surface area (Å²) in [5.74, 6) is -1.72. The minimum Gasteiger partial charge on any atom is -0.481 e. The van der Waals surface area contributed by atoms with E-state index in [2.05, 4.69) is 10.3 Å². The number of aromatic nitrogens is 1. The molecule has 0 radical (unpaired) electrons. The Balaban J connectivity index is 1.99. The predicted molar refractivity (Wildman–Crippen MR) is 74.4 cm³/mol. The Bertz CT molecular complexity index is 720. The molecular formula is C13H9N3O4S. The van der Waals surface area contributed by atoms with Crippen LogP contribution in [0.15, 0.2) is 29.8 Å². The topological polar surface area (TPSA) is 112 Å². The van der Waals surface area contributed by atoms with Crippen LogP contribution in [0.25, 0.3) is 0 Å². The van der Waals surface area contributed by atoms with Gasteiger partial charge in [-0.3, -0.25) is 4.79 Å². The van der Waals surface area contributed by atoms with Crippen molar-refractivity contribution in [2.75, 3.05) is 11.9 Å². The summed E-state index contributed by atoms with van der Waals surface area (Å²) in [7, 11) is 0. The zero-order valence-corrected chi connectivity index (χ0v) is 11.4. The molecule has 2 aromatic rings. The summed E-state index contributed by atoms with van der Waals surface area (Å²) >= 11 is 1.22. The molecule has 0 atom stereocenters. The largest absolute Gasteiger partial charge is 0.481 e. The van der Waals surface area contributed by atoms with Crippen molar-refractivity contribution in [2.45, 2.75) is 0 Å². The maximum atomic E-state index is 11.7. The van der Waals surface area contributed by atoms with Crippen molar-refractivity contribution in [3.8, 4) is 11.8 Å². The van der Waals surface area contributed by atoms with E-state index in [1.807, 2.05) is 6.07 Å². The van der Waals surface area contributed by atoms with E-state index in [1.165, 1.54) is 29.7 Å². The molecule has 0 spiro atoms. The average molecular weight is 303 g/mol. The number of carbonyl (C=O) groups is 2. The number of nitrogens with zero attached hydrogens (tertiary/aromatic N) is 2. The van der Waals surface area contributed by atoms with Gasteiger partial charge in [0.2, 0.25) is 0 Å². The zero-order chi connectivity index (χ0) is 15.2. The van der Waals surface area contributed by atoms with Crippen LogP contribution in [0.3, 0.4) is 0 Å². The summed E-state index contributed by atoms with van der Waals surface area (Å²) in [5, 5.41) is 22.4. The quantitative estimate of drug-likeness (QED) is 0.869. The molecule has 0 bridgehead atoms. The normalized spacial score (nSPS) is 9.67. The highest BCUT2D eigenvalue weighted by atomic mass is 32.1. The molecule has 0 aromatic carbocycles. The lowest BCUT2D eigenvalue weighted by molar-refractivity contribution is -0.118. The molecule has 0 aliphatic heterocycles. The highest BCUT2D eigenvalue weighted by molar-refractivity contribution is 7.14. The molecule has 8 heteroatoms. The Labute approximate surface area is 123 Å². The van der Waals surface area contributed by atoms with Crippen LogP contribution in [0.1, 0.15) is 16.1 Å². The van der Waals surface area contributed by atoms with Crippen LogP contribution in [-0.4, -0.2) is 28.6 Å². The molecule has 21 heavy (non-hydrogen) atoms. The molecule has 0 fully saturated rings. The molecule has 2 N–H and O–H groups in total. The van der Waals surface area contributed by atoms with Crippen molar-refractivity contribution >= 4 is 28.2 Å². The van der Waals surface area contributed by atoms with Gasteiger partial charge in [-0.1, -0.05) is 0 Å². The van der Waals surface area contributed by atoms with Crippen LogP contribution in [0.2, 0.25) is 0 Å². The van der Waals surface area contributed by atoms with Gasteiger partial charge in [-0.05, 0) is 23.6 Å². The minimum atomic E-state index is -1.24. The predicted octanol–water partition coefficient (Wildman–Crippen LogP) is 1.73. The molecule has 2 heterocycles. The van der Waals surface area contributed by atoms with Crippen molar-refractivity contribution in [3.05, 3.63) is 41.0 Å². The fourth-order valence-corrected chi connectivity index (χ4v) is 2.22. The lowest BCUT2D eigenvalue weighted by atomic mass is 10.3. The van der Waals surface area contributed by atoms with E-state index in [4.69, 9.17) is 15.1 Å². The summed E-state index contributed by atoms with van der Waals surface area (Å²) in [4.78, 5) is 26.3. The SMILES string of the molecule is N#Cc1ccsc1NC(=O)COc1cccnc1C(=O)O. The van der Waals surface area contributed by atoms with E-state index in [0.717, 1.165) is 0 Å². The van der Waals surface area contributed by atoms with Gasteiger partial charge in [0.25, 0.3) is 5.91 Å². The number of carboxylic acid groups (broad SMARTS) is 1. The van der Waals surface area contributed by atoms with Crippen LogP contribution < -0.4 is 10.1 Å². The van der Waals surface area contributed by atoms with E-state index in [1.54, 1.807) is 11.4 Å². The van der Waals surface area contributed by atoms with E-state index in [9.17, 15) is 9.59 Å². The van der Waals surface area contributed by atoms with Crippen molar-refractivity contribution in [1.29, 1.82) is 5.26 Å². The lowest BCUT2D eigenvalue weighted by Crippen LogP contribution is -2.21.